The highest BCUT2D eigenvalue weighted by Crippen LogP contribution is 2.30. The van der Waals surface area contributed by atoms with Crippen molar-refractivity contribution in [2.45, 2.75) is 32.2 Å². The number of primary amides is 1. The van der Waals surface area contributed by atoms with E-state index >= 15 is 0 Å². The molecule has 0 aromatic heterocycles. The summed E-state index contributed by atoms with van der Waals surface area (Å²) in [6.07, 6.45) is 1.46. The van der Waals surface area contributed by atoms with E-state index in [-0.39, 0.29) is 11.4 Å². The van der Waals surface area contributed by atoms with Gasteiger partial charge in [0.1, 0.15) is 0 Å². The highest BCUT2D eigenvalue weighted by molar-refractivity contribution is 6.14. The van der Waals surface area contributed by atoms with Crippen molar-refractivity contribution in [2.24, 2.45) is 16.6 Å². The lowest BCUT2D eigenvalue weighted by Crippen LogP contribution is -2.38. The fraction of sp³-hybridized carbons (Fsp3) is 0.300. The predicted octanol–water partition coefficient (Wildman–Crippen LogP) is 3.15. The number of benzene rings is 2. The van der Waals surface area contributed by atoms with Crippen molar-refractivity contribution in [3.63, 3.8) is 0 Å². The maximum atomic E-state index is 12.2. The van der Waals surface area contributed by atoms with E-state index in [1.807, 2.05) is 48.5 Å². The zero-order valence-corrected chi connectivity index (χ0v) is 13.6. The van der Waals surface area contributed by atoms with Crippen molar-refractivity contribution in [3.05, 3.63) is 71.3 Å². The number of nitrogens with zero attached hydrogens (tertiary/aromatic N) is 1. The second kappa shape index (κ2) is 5.99. The molecule has 0 bridgehead atoms. The number of hydrogen-bond acceptors (Lipinski definition) is 2. The second-order valence-corrected chi connectivity index (χ2v) is 6.79. The summed E-state index contributed by atoms with van der Waals surface area (Å²) in [5, 5.41) is 0. The first-order valence-electron chi connectivity index (χ1n) is 7.97. The monoisotopic (exact) mass is 306 g/mol. The van der Waals surface area contributed by atoms with E-state index < -0.39 is 5.92 Å². The third kappa shape index (κ3) is 3.34. The normalized spacial score (nSPS) is 17.0. The van der Waals surface area contributed by atoms with Crippen LogP contribution in [0.25, 0.3) is 0 Å². The van der Waals surface area contributed by atoms with Gasteiger partial charge in [-0.05, 0) is 43.4 Å². The van der Waals surface area contributed by atoms with E-state index in [4.69, 9.17) is 10.7 Å². The Morgan fingerprint density at radius 1 is 1.13 bits per heavy atom. The molecule has 1 aliphatic heterocycles. The Labute approximate surface area is 137 Å². The lowest BCUT2D eigenvalue weighted by atomic mass is 9.81. The molecule has 0 unspecified atom stereocenters. The van der Waals surface area contributed by atoms with Crippen molar-refractivity contribution in [2.75, 3.05) is 0 Å². The van der Waals surface area contributed by atoms with Crippen molar-refractivity contribution in [1.29, 1.82) is 0 Å². The first-order valence-corrected chi connectivity index (χ1v) is 7.97. The van der Waals surface area contributed by atoms with Gasteiger partial charge in [-0.1, -0.05) is 54.6 Å². The van der Waals surface area contributed by atoms with E-state index in [9.17, 15) is 4.79 Å². The molecule has 118 valence electrons. The Hall–Kier alpha value is -2.42. The van der Waals surface area contributed by atoms with Crippen LogP contribution in [0.3, 0.4) is 0 Å². The third-order valence-electron chi connectivity index (χ3n) is 4.30. The van der Waals surface area contributed by atoms with Crippen LogP contribution in [-0.2, 0) is 17.6 Å². The number of aliphatic imine (C=N–C) groups is 1. The lowest BCUT2D eigenvalue weighted by Gasteiger charge is -2.31. The number of nitrogens with two attached hydrogens (primary N) is 1. The summed E-state index contributed by atoms with van der Waals surface area (Å²) in [6, 6.07) is 18.2. The van der Waals surface area contributed by atoms with Crippen LogP contribution in [0.2, 0.25) is 0 Å². The molecule has 0 saturated carbocycles. The minimum absolute atomic E-state index is 0.214. The molecule has 2 aromatic carbocycles. The average molecular weight is 306 g/mol. The van der Waals surface area contributed by atoms with Crippen LogP contribution in [0.5, 0.6) is 0 Å². The third-order valence-corrected chi connectivity index (χ3v) is 4.30. The summed E-state index contributed by atoms with van der Waals surface area (Å²) in [7, 11) is 0. The summed E-state index contributed by atoms with van der Waals surface area (Å²) >= 11 is 0. The number of carbonyl (C=O) groups is 1. The van der Waals surface area contributed by atoms with Gasteiger partial charge in [-0.25, -0.2) is 0 Å². The molecule has 0 radical (unpaired) electrons. The number of carbonyl (C=O) groups excluding carboxylic acids is 1. The van der Waals surface area contributed by atoms with E-state index in [0.29, 0.717) is 6.42 Å². The minimum Gasteiger partial charge on any atom is -0.369 e. The number of hydrogen-bond donors (Lipinski definition) is 1. The smallest absolute Gasteiger partial charge is 0.226 e. The summed E-state index contributed by atoms with van der Waals surface area (Å²) in [5.41, 5.74) is 9.75. The van der Waals surface area contributed by atoms with Gasteiger partial charge in [-0.2, -0.15) is 0 Å². The number of amides is 1. The Morgan fingerprint density at radius 3 is 2.48 bits per heavy atom. The molecule has 0 saturated heterocycles. The molecule has 2 N–H and O–H groups in total. The molecule has 1 amide bonds. The molecular formula is C20H22N2O. The van der Waals surface area contributed by atoms with Gasteiger partial charge >= 0.3 is 0 Å². The van der Waals surface area contributed by atoms with Gasteiger partial charge in [0.05, 0.1) is 17.2 Å². The molecule has 1 aliphatic rings. The predicted molar refractivity (Wildman–Crippen MR) is 93.6 cm³/mol. The maximum Gasteiger partial charge on any atom is 0.226 e. The fourth-order valence-electron chi connectivity index (χ4n) is 3.26. The van der Waals surface area contributed by atoms with Gasteiger partial charge < -0.3 is 5.73 Å². The Bertz CT molecular complexity index is 747. The summed E-state index contributed by atoms with van der Waals surface area (Å²) in [4.78, 5) is 17.1. The van der Waals surface area contributed by atoms with Gasteiger partial charge in [-0.15, -0.1) is 0 Å². The molecule has 3 nitrogen and oxygen atoms in total. The zero-order valence-electron chi connectivity index (χ0n) is 13.6. The van der Waals surface area contributed by atoms with Crippen molar-refractivity contribution in [1.82, 2.24) is 0 Å². The zero-order chi connectivity index (χ0) is 16.4. The molecule has 1 heterocycles. The largest absolute Gasteiger partial charge is 0.369 e. The summed E-state index contributed by atoms with van der Waals surface area (Å²) < 4.78 is 0. The second-order valence-electron chi connectivity index (χ2n) is 6.79. The van der Waals surface area contributed by atoms with Crippen molar-refractivity contribution >= 4 is 11.6 Å². The van der Waals surface area contributed by atoms with Gasteiger partial charge in [0, 0.05) is 0 Å². The number of fused-ring (bicyclic) bond motifs is 1. The van der Waals surface area contributed by atoms with E-state index in [1.54, 1.807) is 0 Å². The molecule has 23 heavy (non-hydrogen) atoms. The van der Waals surface area contributed by atoms with Crippen LogP contribution in [-0.4, -0.2) is 17.2 Å². The summed E-state index contributed by atoms with van der Waals surface area (Å²) in [6.45, 7) is 4.20. The first kappa shape index (κ1) is 15.5. The Balaban J connectivity index is 2.04. The van der Waals surface area contributed by atoms with Crippen LogP contribution in [0, 0.1) is 5.92 Å². The Kier molecular flexibility index (Phi) is 4.03. The SMILES string of the molecule is CC1(C)Cc2ccccc2C([C@@H](Cc2ccccc2)C(N)=O)=N1. The quantitative estimate of drug-likeness (QED) is 0.927. The van der Waals surface area contributed by atoms with E-state index in [2.05, 4.69) is 19.9 Å². The fourth-order valence-corrected chi connectivity index (χ4v) is 3.26. The standard InChI is InChI=1S/C20H22N2O/c1-20(2)13-15-10-6-7-11-16(15)18(22-20)17(19(21)23)12-14-8-4-3-5-9-14/h3-11,17H,12-13H2,1-2H3,(H2,21,23)/t17-/m1/s1. The molecule has 3 rings (SSSR count). The molecule has 3 heteroatoms. The van der Waals surface area contributed by atoms with Crippen LogP contribution in [0.15, 0.2) is 59.6 Å². The topological polar surface area (TPSA) is 55.5 Å². The summed E-state index contributed by atoms with van der Waals surface area (Å²) in [5.74, 6) is -0.724. The first-order chi connectivity index (χ1) is 11.0. The lowest BCUT2D eigenvalue weighted by molar-refractivity contribution is -0.119. The molecular weight excluding hydrogens is 284 g/mol. The highest BCUT2D eigenvalue weighted by atomic mass is 16.1. The molecule has 0 spiro atoms. The van der Waals surface area contributed by atoms with Crippen LogP contribution in [0.1, 0.15) is 30.5 Å². The van der Waals surface area contributed by atoms with Gasteiger partial charge in [0.25, 0.3) is 0 Å². The molecule has 0 fully saturated rings. The van der Waals surface area contributed by atoms with E-state index in [1.165, 1.54) is 5.56 Å². The molecule has 0 aliphatic carbocycles. The van der Waals surface area contributed by atoms with E-state index in [0.717, 1.165) is 23.3 Å². The molecule has 1 atom stereocenters. The van der Waals surface area contributed by atoms with Crippen molar-refractivity contribution in [3.8, 4) is 0 Å². The highest BCUT2D eigenvalue weighted by Gasteiger charge is 2.32. The number of rotatable bonds is 4. The van der Waals surface area contributed by atoms with Crippen molar-refractivity contribution < 1.29 is 4.79 Å². The molecule has 2 aromatic rings. The van der Waals surface area contributed by atoms with Crippen LogP contribution < -0.4 is 5.73 Å². The van der Waals surface area contributed by atoms with Gasteiger partial charge in [0.15, 0.2) is 0 Å². The van der Waals surface area contributed by atoms with Crippen LogP contribution in [0.4, 0.5) is 0 Å². The van der Waals surface area contributed by atoms with Crippen LogP contribution >= 0.6 is 0 Å². The maximum absolute atomic E-state index is 12.2. The Morgan fingerprint density at radius 2 is 1.78 bits per heavy atom. The average Bonchev–Trinajstić information content (AvgIpc) is 2.52. The van der Waals surface area contributed by atoms with Gasteiger partial charge in [-0.3, -0.25) is 9.79 Å². The van der Waals surface area contributed by atoms with Gasteiger partial charge in [0.2, 0.25) is 5.91 Å². The minimum atomic E-state index is -0.405.